The van der Waals surface area contributed by atoms with Gasteiger partial charge in [-0.05, 0) is 73.6 Å². The average molecular weight is 638 g/mol. The Kier molecular flexibility index (Phi) is 32.1. The van der Waals surface area contributed by atoms with E-state index in [-0.39, 0.29) is 0 Å². The maximum absolute atomic E-state index is 4.16. The van der Waals surface area contributed by atoms with Gasteiger partial charge in [0.15, 0.2) is 0 Å². The zero-order valence-electron chi connectivity index (χ0n) is 32.3. The molecule has 0 amide bonds. The fourth-order valence-corrected chi connectivity index (χ4v) is 7.51. The molecule has 46 heavy (non-hydrogen) atoms. The van der Waals surface area contributed by atoms with Crippen molar-refractivity contribution in [1.82, 2.24) is 0 Å². The van der Waals surface area contributed by atoms with E-state index in [0.717, 1.165) is 6.42 Å². The summed E-state index contributed by atoms with van der Waals surface area (Å²) in [7, 11) is 0. The van der Waals surface area contributed by atoms with Crippen LogP contribution in [0.3, 0.4) is 0 Å². The molecule has 1 rings (SSSR count). The molecule has 1 aromatic rings. The Morgan fingerprint density at radius 3 is 0.913 bits per heavy atom. The van der Waals surface area contributed by atoms with Gasteiger partial charge in [-0.1, -0.05) is 220 Å². The highest BCUT2D eigenvalue weighted by Crippen LogP contribution is 2.27. The van der Waals surface area contributed by atoms with Gasteiger partial charge in [0.25, 0.3) is 0 Å². The molecule has 0 aliphatic carbocycles. The third-order valence-electron chi connectivity index (χ3n) is 10.6. The molecule has 1 radical (unpaired) electrons. The number of hydrogen-bond donors (Lipinski definition) is 0. The first kappa shape index (κ1) is 43.2. The van der Waals surface area contributed by atoms with Crippen molar-refractivity contribution in [3.8, 4) is 0 Å². The average Bonchev–Trinajstić information content (AvgIpc) is 3.07. The van der Waals surface area contributed by atoms with E-state index in [1.54, 1.807) is 22.3 Å². The zero-order valence-corrected chi connectivity index (χ0v) is 32.3. The standard InChI is InChI=1S/C46H85/c1-5-9-13-16-19-22-25-28-31-34-38-44-41-43(37-12-8-4)42-45(39-35-32-29-26-23-20-17-14-10-6-2)46(44)40-36-33-30-27-24-21-18-15-11-7-3/h41-42H,4-40H2,1-3H3. The van der Waals surface area contributed by atoms with Gasteiger partial charge in [-0.3, -0.25) is 0 Å². The minimum atomic E-state index is 1.06. The molecule has 1 aromatic carbocycles. The van der Waals surface area contributed by atoms with Crippen molar-refractivity contribution in [2.45, 2.75) is 252 Å². The van der Waals surface area contributed by atoms with Crippen LogP contribution in [0.15, 0.2) is 12.1 Å². The molecule has 0 heteroatoms. The Balaban J connectivity index is 2.68. The summed E-state index contributed by atoms with van der Waals surface area (Å²) in [6.07, 6.45) is 50.4. The first-order valence-corrected chi connectivity index (χ1v) is 21.7. The molecule has 0 nitrogen and oxygen atoms in total. The number of rotatable bonds is 36. The second kappa shape index (κ2) is 34.1. The van der Waals surface area contributed by atoms with Gasteiger partial charge in [0.2, 0.25) is 0 Å². The lowest BCUT2D eigenvalue weighted by Crippen LogP contribution is -2.05. The fourth-order valence-electron chi connectivity index (χ4n) is 7.51. The molecule has 0 aliphatic heterocycles. The van der Waals surface area contributed by atoms with Crippen molar-refractivity contribution in [1.29, 1.82) is 0 Å². The second-order valence-electron chi connectivity index (χ2n) is 15.1. The Hall–Kier alpha value is -0.780. The molecule has 0 fully saturated rings. The van der Waals surface area contributed by atoms with Crippen molar-refractivity contribution in [3.63, 3.8) is 0 Å². The quantitative estimate of drug-likeness (QED) is 0.0642. The molecular formula is C46H85. The Morgan fingerprint density at radius 1 is 0.326 bits per heavy atom. The smallest absolute Gasteiger partial charge is 0.0273 e. The first-order valence-electron chi connectivity index (χ1n) is 21.7. The van der Waals surface area contributed by atoms with Gasteiger partial charge in [0, 0.05) is 0 Å². The minimum absolute atomic E-state index is 1.06. The van der Waals surface area contributed by atoms with Gasteiger partial charge in [-0.15, -0.1) is 0 Å². The molecule has 0 saturated carbocycles. The predicted molar refractivity (Wildman–Crippen MR) is 211 cm³/mol. The topological polar surface area (TPSA) is 0 Å². The molecule has 0 bridgehead atoms. The van der Waals surface area contributed by atoms with Crippen LogP contribution in [0.2, 0.25) is 0 Å². The van der Waals surface area contributed by atoms with Crippen LogP contribution in [0.5, 0.6) is 0 Å². The van der Waals surface area contributed by atoms with Gasteiger partial charge >= 0.3 is 0 Å². The summed E-state index contributed by atoms with van der Waals surface area (Å²) in [5, 5.41) is 0. The van der Waals surface area contributed by atoms with Crippen LogP contribution >= 0.6 is 0 Å². The highest BCUT2D eigenvalue weighted by Gasteiger charge is 2.12. The molecule has 0 N–H and O–H groups in total. The first-order chi connectivity index (χ1) is 22.8. The van der Waals surface area contributed by atoms with Gasteiger partial charge in [0.1, 0.15) is 0 Å². The van der Waals surface area contributed by atoms with Gasteiger partial charge in [-0.2, -0.15) is 0 Å². The molecule has 0 spiro atoms. The van der Waals surface area contributed by atoms with Crippen molar-refractivity contribution < 1.29 is 0 Å². The zero-order chi connectivity index (χ0) is 33.2. The van der Waals surface area contributed by atoms with Crippen LogP contribution in [0.4, 0.5) is 0 Å². The molecule has 0 atom stereocenters. The third-order valence-corrected chi connectivity index (χ3v) is 10.6. The fraction of sp³-hybridized carbons (Fsp3) is 0.848. The summed E-state index contributed by atoms with van der Waals surface area (Å²) in [5.74, 6) is 0. The van der Waals surface area contributed by atoms with Crippen LogP contribution in [0.25, 0.3) is 0 Å². The summed E-state index contributed by atoms with van der Waals surface area (Å²) in [4.78, 5) is 0. The maximum atomic E-state index is 4.16. The lowest BCUT2D eigenvalue weighted by molar-refractivity contribution is 0.551. The van der Waals surface area contributed by atoms with E-state index < -0.39 is 0 Å². The maximum Gasteiger partial charge on any atom is -0.0273 e. The van der Waals surface area contributed by atoms with E-state index in [1.807, 2.05) is 0 Å². The number of aryl methyl sites for hydroxylation is 3. The highest BCUT2D eigenvalue weighted by molar-refractivity contribution is 5.40. The minimum Gasteiger partial charge on any atom is -0.0654 e. The Morgan fingerprint density at radius 2 is 0.609 bits per heavy atom. The Labute approximate surface area is 292 Å². The number of benzene rings is 1. The molecular weight excluding hydrogens is 553 g/mol. The van der Waals surface area contributed by atoms with Crippen LogP contribution in [-0.4, -0.2) is 0 Å². The van der Waals surface area contributed by atoms with Gasteiger partial charge in [0.05, 0.1) is 0 Å². The number of hydrogen-bond acceptors (Lipinski definition) is 0. The predicted octanol–water partition coefficient (Wildman–Crippen LogP) is 16.2. The SMILES string of the molecule is [CH2]CCCc1cc(CCCCCCCCCCCC)c(CCCCCCCCCCCC)c(CCCCCCCCCCCC)c1. The molecule has 0 aromatic heterocycles. The second-order valence-corrected chi connectivity index (χ2v) is 15.1. The van der Waals surface area contributed by atoms with E-state index in [2.05, 4.69) is 39.8 Å². The normalized spacial score (nSPS) is 11.6. The number of unbranched alkanes of at least 4 members (excludes halogenated alkanes) is 28. The Bertz CT molecular complexity index is 699. The summed E-state index contributed by atoms with van der Waals surface area (Å²) in [6, 6.07) is 5.30. The monoisotopic (exact) mass is 638 g/mol. The van der Waals surface area contributed by atoms with Crippen LogP contribution in [0, 0.1) is 6.92 Å². The van der Waals surface area contributed by atoms with Crippen molar-refractivity contribution in [2.75, 3.05) is 0 Å². The largest absolute Gasteiger partial charge is 0.0654 e. The molecule has 0 saturated heterocycles. The van der Waals surface area contributed by atoms with Crippen LogP contribution < -0.4 is 0 Å². The summed E-state index contributed by atoms with van der Waals surface area (Å²) < 4.78 is 0. The third kappa shape index (κ3) is 25.3. The van der Waals surface area contributed by atoms with E-state index in [0.29, 0.717) is 0 Å². The van der Waals surface area contributed by atoms with Crippen molar-refractivity contribution in [3.05, 3.63) is 41.3 Å². The molecule has 0 aliphatic rings. The van der Waals surface area contributed by atoms with E-state index in [4.69, 9.17) is 0 Å². The van der Waals surface area contributed by atoms with Gasteiger partial charge < -0.3 is 0 Å². The lowest BCUT2D eigenvalue weighted by Gasteiger charge is -2.18. The van der Waals surface area contributed by atoms with Gasteiger partial charge in [-0.25, -0.2) is 0 Å². The van der Waals surface area contributed by atoms with E-state index in [1.165, 1.54) is 225 Å². The van der Waals surface area contributed by atoms with E-state index in [9.17, 15) is 0 Å². The summed E-state index contributed by atoms with van der Waals surface area (Å²) in [5.41, 5.74) is 6.86. The molecule has 0 unspecified atom stereocenters. The van der Waals surface area contributed by atoms with Crippen LogP contribution in [-0.2, 0) is 25.7 Å². The van der Waals surface area contributed by atoms with Crippen LogP contribution in [0.1, 0.15) is 248 Å². The van der Waals surface area contributed by atoms with E-state index >= 15 is 0 Å². The highest BCUT2D eigenvalue weighted by atomic mass is 14.2. The summed E-state index contributed by atoms with van der Waals surface area (Å²) in [6.45, 7) is 11.1. The van der Waals surface area contributed by atoms with Crippen molar-refractivity contribution in [2.24, 2.45) is 0 Å². The molecule has 0 heterocycles. The molecule has 269 valence electrons. The van der Waals surface area contributed by atoms with Crippen molar-refractivity contribution >= 4 is 0 Å². The lowest BCUT2D eigenvalue weighted by atomic mass is 9.87. The summed E-state index contributed by atoms with van der Waals surface area (Å²) >= 11 is 0.